The summed E-state index contributed by atoms with van der Waals surface area (Å²) in [5.74, 6) is 1.62. The number of thioether (sulfide) groups is 1. The third kappa shape index (κ3) is 4.60. The van der Waals surface area contributed by atoms with Crippen molar-refractivity contribution in [3.63, 3.8) is 0 Å². The van der Waals surface area contributed by atoms with Gasteiger partial charge >= 0.3 is 0 Å². The molecule has 1 aliphatic heterocycles. The summed E-state index contributed by atoms with van der Waals surface area (Å²) in [6.07, 6.45) is 2.23. The summed E-state index contributed by atoms with van der Waals surface area (Å²) in [6, 6.07) is 7.59. The maximum Gasteiger partial charge on any atom is 0.232 e. The number of benzene rings is 1. The molecule has 0 radical (unpaired) electrons. The number of carbonyl (C=O) groups excluding carboxylic acids is 2. The maximum atomic E-state index is 12.2. The molecule has 1 amide bonds. The highest BCUT2D eigenvalue weighted by atomic mass is 32.2. The van der Waals surface area contributed by atoms with Gasteiger partial charge in [-0.3, -0.25) is 9.59 Å². The summed E-state index contributed by atoms with van der Waals surface area (Å²) >= 11 is 1.55. The Morgan fingerprint density at radius 1 is 1.18 bits per heavy atom. The van der Waals surface area contributed by atoms with Gasteiger partial charge in [0.1, 0.15) is 0 Å². The summed E-state index contributed by atoms with van der Waals surface area (Å²) in [6.45, 7) is 7.84. The number of Topliss-reactive ketones (excluding diaryl/α,β-unsaturated/α-hetero) is 1. The highest BCUT2D eigenvalue weighted by Crippen LogP contribution is 2.22. The second kappa shape index (κ2) is 7.82. The van der Waals surface area contributed by atoms with Crippen LogP contribution in [0.1, 0.15) is 44.0 Å². The smallest absolute Gasteiger partial charge is 0.232 e. The van der Waals surface area contributed by atoms with Crippen molar-refractivity contribution in [3.8, 4) is 0 Å². The number of hydrogen-bond acceptors (Lipinski definition) is 3. The molecule has 1 heterocycles. The molecule has 4 heteroatoms. The molecule has 22 heavy (non-hydrogen) atoms. The molecular formula is C18H25NO2S. The molecule has 1 aromatic rings. The van der Waals surface area contributed by atoms with E-state index in [1.807, 2.05) is 43.0 Å². The van der Waals surface area contributed by atoms with Crippen LogP contribution in [-0.4, -0.2) is 35.4 Å². The van der Waals surface area contributed by atoms with Crippen LogP contribution in [0.25, 0.3) is 0 Å². The van der Waals surface area contributed by atoms with E-state index < -0.39 is 0 Å². The molecule has 0 bridgehead atoms. The van der Waals surface area contributed by atoms with Crippen molar-refractivity contribution in [2.45, 2.75) is 38.5 Å². The molecule has 120 valence electrons. The number of hydrogen-bond donors (Lipinski definition) is 0. The van der Waals surface area contributed by atoms with Crippen LogP contribution < -0.4 is 0 Å². The maximum absolute atomic E-state index is 12.2. The molecule has 0 unspecified atom stereocenters. The first-order chi connectivity index (χ1) is 10.5. The van der Waals surface area contributed by atoms with Crippen LogP contribution in [0, 0.1) is 11.8 Å². The average molecular weight is 319 g/mol. The fourth-order valence-electron chi connectivity index (χ4n) is 2.54. The van der Waals surface area contributed by atoms with Crippen molar-refractivity contribution in [2.75, 3.05) is 18.8 Å². The van der Waals surface area contributed by atoms with Crippen molar-refractivity contribution in [1.82, 2.24) is 4.90 Å². The minimum atomic E-state index is 0.0153. The van der Waals surface area contributed by atoms with Crippen LogP contribution >= 0.6 is 11.8 Å². The van der Waals surface area contributed by atoms with Gasteiger partial charge < -0.3 is 4.90 Å². The standard InChI is InChI=1S/C18H25NO2S/c1-13(2)18(21)15-4-6-16(7-5-15)22-12-17(20)19-10-8-14(3)9-11-19/h4-7,13-14H,8-12H2,1-3H3. The normalized spacial score (nSPS) is 16.1. The fourth-order valence-corrected chi connectivity index (χ4v) is 3.34. The molecule has 2 rings (SSSR count). The summed E-state index contributed by atoms with van der Waals surface area (Å²) < 4.78 is 0. The number of amides is 1. The first kappa shape index (κ1) is 17.1. The van der Waals surface area contributed by atoms with E-state index in [4.69, 9.17) is 0 Å². The predicted octanol–water partition coefficient (Wildman–Crippen LogP) is 3.88. The fraction of sp³-hybridized carbons (Fsp3) is 0.556. The van der Waals surface area contributed by atoms with Gasteiger partial charge in [0, 0.05) is 29.5 Å². The molecule has 0 spiro atoms. The molecule has 1 saturated heterocycles. The van der Waals surface area contributed by atoms with Gasteiger partial charge in [-0.1, -0.05) is 32.9 Å². The number of rotatable bonds is 5. The van der Waals surface area contributed by atoms with E-state index in [2.05, 4.69) is 6.92 Å². The first-order valence-electron chi connectivity index (χ1n) is 8.02. The van der Waals surface area contributed by atoms with Gasteiger partial charge in [-0.05, 0) is 30.9 Å². The monoisotopic (exact) mass is 319 g/mol. The minimum absolute atomic E-state index is 0.0153. The van der Waals surface area contributed by atoms with Crippen molar-refractivity contribution in [3.05, 3.63) is 29.8 Å². The van der Waals surface area contributed by atoms with E-state index in [0.717, 1.165) is 42.3 Å². The van der Waals surface area contributed by atoms with Gasteiger partial charge in [0.15, 0.2) is 5.78 Å². The van der Waals surface area contributed by atoms with Gasteiger partial charge in [-0.15, -0.1) is 11.8 Å². The molecule has 1 aliphatic rings. The van der Waals surface area contributed by atoms with E-state index in [9.17, 15) is 9.59 Å². The zero-order chi connectivity index (χ0) is 16.1. The number of likely N-dealkylation sites (tertiary alicyclic amines) is 1. The SMILES string of the molecule is CC1CCN(C(=O)CSc2ccc(C(=O)C(C)C)cc2)CC1. The second-order valence-corrected chi connectivity index (χ2v) is 7.44. The van der Waals surface area contributed by atoms with Gasteiger partial charge in [0.05, 0.1) is 5.75 Å². The highest BCUT2D eigenvalue weighted by molar-refractivity contribution is 8.00. The van der Waals surface area contributed by atoms with Crippen molar-refractivity contribution in [1.29, 1.82) is 0 Å². The highest BCUT2D eigenvalue weighted by Gasteiger charge is 2.20. The van der Waals surface area contributed by atoms with Crippen molar-refractivity contribution in [2.24, 2.45) is 11.8 Å². The molecule has 3 nitrogen and oxygen atoms in total. The van der Waals surface area contributed by atoms with Crippen LogP contribution in [0.2, 0.25) is 0 Å². The van der Waals surface area contributed by atoms with Crippen LogP contribution in [0.5, 0.6) is 0 Å². The van der Waals surface area contributed by atoms with E-state index in [0.29, 0.717) is 5.75 Å². The quantitative estimate of drug-likeness (QED) is 0.610. The van der Waals surface area contributed by atoms with Crippen LogP contribution in [0.4, 0.5) is 0 Å². The lowest BCUT2D eigenvalue weighted by molar-refractivity contribution is -0.129. The Morgan fingerprint density at radius 3 is 2.32 bits per heavy atom. The van der Waals surface area contributed by atoms with Crippen molar-refractivity contribution >= 4 is 23.5 Å². The molecule has 0 aliphatic carbocycles. The molecule has 1 fully saturated rings. The number of carbonyl (C=O) groups is 2. The zero-order valence-corrected chi connectivity index (χ0v) is 14.5. The topological polar surface area (TPSA) is 37.4 Å². The lowest BCUT2D eigenvalue weighted by Gasteiger charge is -2.30. The summed E-state index contributed by atoms with van der Waals surface area (Å²) in [7, 11) is 0. The van der Waals surface area contributed by atoms with E-state index in [1.54, 1.807) is 11.8 Å². The third-order valence-electron chi connectivity index (χ3n) is 4.16. The van der Waals surface area contributed by atoms with E-state index in [-0.39, 0.29) is 17.6 Å². The molecule has 0 saturated carbocycles. The second-order valence-electron chi connectivity index (χ2n) is 6.40. The Labute approximate surface area is 137 Å². The number of ketones is 1. The average Bonchev–Trinajstić information content (AvgIpc) is 2.53. The summed E-state index contributed by atoms with van der Waals surface area (Å²) in [5, 5.41) is 0. The third-order valence-corrected chi connectivity index (χ3v) is 5.16. The molecule has 0 aromatic heterocycles. The van der Waals surface area contributed by atoms with E-state index >= 15 is 0 Å². The number of piperidine rings is 1. The molecule has 0 atom stereocenters. The van der Waals surface area contributed by atoms with Crippen LogP contribution in [-0.2, 0) is 4.79 Å². The lowest BCUT2D eigenvalue weighted by Crippen LogP contribution is -2.38. The Bertz CT molecular complexity index is 516. The number of nitrogens with zero attached hydrogens (tertiary/aromatic N) is 1. The zero-order valence-electron chi connectivity index (χ0n) is 13.7. The van der Waals surface area contributed by atoms with Gasteiger partial charge in [-0.25, -0.2) is 0 Å². The van der Waals surface area contributed by atoms with Gasteiger partial charge in [-0.2, -0.15) is 0 Å². The first-order valence-corrected chi connectivity index (χ1v) is 9.00. The Hall–Kier alpha value is -1.29. The van der Waals surface area contributed by atoms with Crippen LogP contribution in [0.3, 0.4) is 0 Å². The van der Waals surface area contributed by atoms with Crippen molar-refractivity contribution < 1.29 is 9.59 Å². The lowest BCUT2D eigenvalue weighted by atomic mass is 9.99. The Morgan fingerprint density at radius 2 is 1.77 bits per heavy atom. The Kier molecular flexibility index (Phi) is 6.07. The Balaban J connectivity index is 1.84. The summed E-state index contributed by atoms with van der Waals surface area (Å²) in [4.78, 5) is 27.1. The van der Waals surface area contributed by atoms with Crippen LogP contribution in [0.15, 0.2) is 29.2 Å². The largest absolute Gasteiger partial charge is 0.342 e. The molecule has 0 N–H and O–H groups in total. The summed E-state index contributed by atoms with van der Waals surface area (Å²) in [5.41, 5.74) is 0.746. The van der Waals surface area contributed by atoms with Gasteiger partial charge in [0.25, 0.3) is 0 Å². The molecule has 1 aromatic carbocycles. The van der Waals surface area contributed by atoms with E-state index in [1.165, 1.54) is 0 Å². The minimum Gasteiger partial charge on any atom is -0.342 e. The molecular weight excluding hydrogens is 294 g/mol. The predicted molar refractivity (Wildman–Crippen MR) is 91.3 cm³/mol. The van der Waals surface area contributed by atoms with Gasteiger partial charge in [0.2, 0.25) is 5.91 Å².